The molecule has 154 valence electrons. The second-order valence-electron chi connectivity index (χ2n) is 6.74. The van der Waals surface area contributed by atoms with Gasteiger partial charge in [-0.25, -0.2) is 4.79 Å². The van der Waals surface area contributed by atoms with Crippen LogP contribution in [0.15, 0.2) is 82.6 Å². The highest BCUT2D eigenvalue weighted by Gasteiger charge is 2.21. The molecule has 0 aromatic heterocycles. The Morgan fingerprint density at radius 3 is 2.37 bits per heavy atom. The largest absolute Gasteiger partial charge is 0.508 e. The van der Waals surface area contributed by atoms with Crippen LogP contribution in [0.1, 0.15) is 22.3 Å². The van der Waals surface area contributed by atoms with E-state index in [9.17, 15) is 19.8 Å². The van der Waals surface area contributed by atoms with Crippen molar-refractivity contribution >= 4 is 29.3 Å². The number of hydrogen-bond donors (Lipinski definition) is 4. The number of carboxylic acids is 1. The molecule has 1 atom stereocenters. The summed E-state index contributed by atoms with van der Waals surface area (Å²) in [5, 5.41) is 21.5. The van der Waals surface area contributed by atoms with Crippen molar-refractivity contribution in [1.82, 2.24) is 5.32 Å². The minimum atomic E-state index is -1.08. The van der Waals surface area contributed by atoms with Gasteiger partial charge in [-0.1, -0.05) is 42.1 Å². The van der Waals surface area contributed by atoms with Crippen LogP contribution in [-0.2, 0) is 11.2 Å². The average molecular weight is 423 g/mol. The number of aliphatic carboxylic acids is 1. The predicted octanol–water partition coefficient (Wildman–Crippen LogP) is 3.94. The normalized spacial score (nSPS) is 11.6. The van der Waals surface area contributed by atoms with Crippen molar-refractivity contribution in [3.05, 3.63) is 83.9 Å². The maximum absolute atomic E-state index is 12.7. The zero-order chi connectivity index (χ0) is 21.5. The Kier molecular flexibility index (Phi) is 6.98. The number of anilines is 1. The standard InChI is InChI=1S/C23H22N2O4S/c24-19-12-7-16(14-21(19)30-18-10-8-17(26)9-11-18)22(27)25-20(23(28)29)13-6-15-4-2-1-3-5-15/h1-5,7-12,14,20,26H,6,13,24H2,(H,25,27)(H,28,29)/t20-/m0/s1. The molecule has 0 saturated carbocycles. The van der Waals surface area contributed by atoms with E-state index in [1.54, 1.807) is 42.5 Å². The van der Waals surface area contributed by atoms with Gasteiger partial charge >= 0.3 is 5.97 Å². The van der Waals surface area contributed by atoms with Crippen molar-refractivity contribution in [2.45, 2.75) is 28.7 Å². The quantitative estimate of drug-likeness (QED) is 0.409. The second-order valence-corrected chi connectivity index (χ2v) is 7.85. The van der Waals surface area contributed by atoms with Crippen LogP contribution in [0.25, 0.3) is 0 Å². The van der Waals surface area contributed by atoms with Gasteiger partial charge in [0.15, 0.2) is 0 Å². The number of amides is 1. The summed E-state index contributed by atoms with van der Waals surface area (Å²) in [6, 6.07) is 20.0. The number of phenolic OH excluding ortho intramolecular Hbond substituents is 1. The highest BCUT2D eigenvalue weighted by molar-refractivity contribution is 7.99. The van der Waals surface area contributed by atoms with Crippen molar-refractivity contribution in [1.29, 1.82) is 0 Å². The summed E-state index contributed by atoms with van der Waals surface area (Å²) in [5.41, 5.74) is 7.88. The number of nitrogens with two attached hydrogens (primary N) is 1. The molecule has 7 heteroatoms. The smallest absolute Gasteiger partial charge is 0.326 e. The fourth-order valence-corrected chi connectivity index (χ4v) is 3.76. The molecular formula is C23H22N2O4S. The molecular weight excluding hydrogens is 400 g/mol. The lowest BCUT2D eigenvalue weighted by molar-refractivity contribution is -0.139. The summed E-state index contributed by atoms with van der Waals surface area (Å²) < 4.78 is 0. The van der Waals surface area contributed by atoms with E-state index in [4.69, 9.17) is 5.73 Å². The van der Waals surface area contributed by atoms with Crippen LogP contribution in [0, 0.1) is 0 Å². The molecule has 1 amide bonds. The number of hydrogen-bond acceptors (Lipinski definition) is 5. The van der Waals surface area contributed by atoms with Gasteiger partial charge in [0.1, 0.15) is 11.8 Å². The molecule has 3 rings (SSSR count). The van der Waals surface area contributed by atoms with Gasteiger partial charge in [-0.3, -0.25) is 4.79 Å². The molecule has 0 aliphatic carbocycles. The maximum Gasteiger partial charge on any atom is 0.326 e. The predicted molar refractivity (Wildman–Crippen MR) is 117 cm³/mol. The highest BCUT2D eigenvalue weighted by atomic mass is 32.2. The van der Waals surface area contributed by atoms with Gasteiger partial charge in [0.05, 0.1) is 0 Å². The number of nitrogens with one attached hydrogen (secondary N) is 1. The summed E-state index contributed by atoms with van der Waals surface area (Å²) in [7, 11) is 0. The zero-order valence-corrected chi connectivity index (χ0v) is 16.9. The number of nitrogen functional groups attached to an aromatic ring is 1. The molecule has 3 aromatic rings. The van der Waals surface area contributed by atoms with E-state index in [2.05, 4.69) is 5.32 Å². The van der Waals surface area contributed by atoms with Gasteiger partial charge in [0.2, 0.25) is 0 Å². The van der Waals surface area contributed by atoms with E-state index in [-0.39, 0.29) is 12.2 Å². The summed E-state index contributed by atoms with van der Waals surface area (Å²) in [5.74, 6) is -1.38. The number of carbonyl (C=O) groups excluding carboxylic acids is 1. The number of phenols is 1. The average Bonchev–Trinajstić information content (AvgIpc) is 2.74. The van der Waals surface area contributed by atoms with E-state index in [0.717, 1.165) is 10.5 Å². The Hall–Kier alpha value is -3.45. The fourth-order valence-electron chi connectivity index (χ4n) is 2.86. The molecule has 3 aromatic carbocycles. The minimum Gasteiger partial charge on any atom is -0.508 e. The fraction of sp³-hybridized carbons (Fsp3) is 0.130. The monoisotopic (exact) mass is 422 g/mol. The summed E-state index contributed by atoms with van der Waals surface area (Å²) >= 11 is 1.35. The Balaban J connectivity index is 1.69. The molecule has 0 radical (unpaired) electrons. The summed E-state index contributed by atoms with van der Waals surface area (Å²) in [6.45, 7) is 0. The molecule has 5 N–H and O–H groups in total. The number of carboxylic acid groups (broad SMARTS) is 1. The van der Waals surface area contributed by atoms with Crippen LogP contribution in [0.2, 0.25) is 0 Å². The van der Waals surface area contributed by atoms with Crippen LogP contribution in [-0.4, -0.2) is 28.1 Å². The van der Waals surface area contributed by atoms with Gasteiger partial charge < -0.3 is 21.3 Å². The molecule has 0 saturated heterocycles. The first-order valence-electron chi connectivity index (χ1n) is 9.36. The molecule has 0 bridgehead atoms. The Labute approximate surface area is 178 Å². The van der Waals surface area contributed by atoms with E-state index in [1.807, 2.05) is 30.3 Å². The first-order chi connectivity index (χ1) is 14.4. The lowest BCUT2D eigenvalue weighted by Gasteiger charge is -2.15. The Bertz CT molecular complexity index is 1020. The van der Waals surface area contributed by atoms with Crippen LogP contribution in [0.3, 0.4) is 0 Å². The van der Waals surface area contributed by atoms with E-state index < -0.39 is 17.9 Å². The van der Waals surface area contributed by atoms with Crippen LogP contribution < -0.4 is 11.1 Å². The highest BCUT2D eigenvalue weighted by Crippen LogP contribution is 2.33. The van der Waals surface area contributed by atoms with Crippen molar-refractivity contribution in [2.75, 3.05) is 5.73 Å². The second kappa shape index (κ2) is 9.84. The van der Waals surface area contributed by atoms with Crippen LogP contribution in [0.4, 0.5) is 5.69 Å². The Morgan fingerprint density at radius 2 is 1.70 bits per heavy atom. The van der Waals surface area contributed by atoms with Crippen molar-refractivity contribution < 1.29 is 19.8 Å². The van der Waals surface area contributed by atoms with Crippen LogP contribution in [0.5, 0.6) is 5.75 Å². The topological polar surface area (TPSA) is 113 Å². The third kappa shape index (κ3) is 5.78. The molecule has 6 nitrogen and oxygen atoms in total. The maximum atomic E-state index is 12.7. The lowest BCUT2D eigenvalue weighted by Crippen LogP contribution is -2.41. The SMILES string of the molecule is Nc1ccc(C(=O)N[C@@H](CCc2ccccc2)C(=O)O)cc1Sc1ccc(O)cc1. The molecule has 0 unspecified atom stereocenters. The van der Waals surface area contributed by atoms with E-state index >= 15 is 0 Å². The van der Waals surface area contributed by atoms with Crippen molar-refractivity contribution in [3.8, 4) is 5.75 Å². The number of aryl methyl sites for hydroxylation is 1. The lowest BCUT2D eigenvalue weighted by atomic mass is 10.0. The van der Waals surface area contributed by atoms with Gasteiger partial charge in [-0.05, 0) is 60.9 Å². The molecule has 0 spiro atoms. The number of aromatic hydroxyl groups is 1. The molecule has 0 aliphatic rings. The van der Waals surface area contributed by atoms with Gasteiger partial charge in [-0.15, -0.1) is 0 Å². The van der Waals surface area contributed by atoms with Crippen molar-refractivity contribution in [3.63, 3.8) is 0 Å². The molecule has 0 fully saturated rings. The number of benzene rings is 3. The van der Waals surface area contributed by atoms with Gasteiger partial charge in [0, 0.05) is 21.0 Å². The third-order valence-corrected chi connectivity index (χ3v) is 5.59. The summed E-state index contributed by atoms with van der Waals surface area (Å²) in [6.07, 6.45) is 0.830. The van der Waals surface area contributed by atoms with Gasteiger partial charge in [0.25, 0.3) is 5.91 Å². The first-order valence-corrected chi connectivity index (χ1v) is 10.2. The van der Waals surface area contributed by atoms with E-state index in [0.29, 0.717) is 22.6 Å². The number of carbonyl (C=O) groups is 2. The zero-order valence-electron chi connectivity index (χ0n) is 16.1. The number of rotatable bonds is 8. The van der Waals surface area contributed by atoms with Gasteiger partial charge in [-0.2, -0.15) is 0 Å². The van der Waals surface area contributed by atoms with Crippen molar-refractivity contribution in [2.24, 2.45) is 0 Å². The molecule has 0 aliphatic heterocycles. The van der Waals surface area contributed by atoms with E-state index in [1.165, 1.54) is 11.8 Å². The Morgan fingerprint density at radius 1 is 1.00 bits per heavy atom. The van der Waals surface area contributed by atoms with Crippen LogP contribution >= 0.6 is 11.8 Å². The molecule has 0 heterocycles. The minimum absolute atomic E-state index is 0.163. The first kappa shape index (κ1) is 21.3. The third-order valence-electron chi connectivity index (χ3n) is 4.51. The summed E-state index contributed by atoms with van der Waals surface area (Å²) in [4.78, 5) is 25.8. The molecule has 30 heavy (non-hydrogen) atoms.